The maximum absolute atomic E-state index is 12.5. The summed E-state index contributed by atoms with van der Waals surface area (Å²) < 4.78 is 26.2. The molecule has 7 heteroatoms. The molecule has 136 valence electrons. The third kappa shape index (κ3) is 3.95. The molecule has 0 N–H and O–H groups in total. The Morgan fingerprint density at radius 1 is 1.00 bits per heavy atom. The van der Waals surface area contributed by atoms with E-state index in [1.165, 1.54) is 7.05 Å². The van der Waals surface area contributed by atoms with Crippen LogP contribution in [0.4, 0.5) is 0 Å². The van der Waals surface area contributed by atoms with E-state index in [4.69, 9.17) is 0 Å². The second kappa shape index (κ2) is 7.57. The summed E-state index contributed by atoms with van der Waals surface area (Å²) >= 11 is 1.14. The van der Waals surface area contributed by atoms with Gasteiger partial charge in [0.15, 0.2) is 0 Å². The lowest BCUT2D eigenvalue weighted by molar-refractivity contribution is -0.130. The highest BCUT2D eigenvalue weighted by molar-refractivity contribution is 7.91. The summed E-state index contributed by atoms with van der Waals surface area (Å²) in [6.07, 6.45) is 0. The second-order valence-corrected chi connectivity index (χ2v) is 9.34. The number of hydrogen-bond acceptors (Lipinski definition) is 4. The number of sulfonamides is 1. The first-order chi connectivity index (χ1) is 12.4. The van der Waals surface area contributed by atoms with Crippen LogP contribution in [0.3, 0.4) is 0 Å². The number of carbonyl (C=O) groups excluding carboxylic acids is 1. The summed E-state index contributed by atoms with van der Waals surface area (Å²) in [4.78, 5) is 14.0. The highest BCUT2D eigenvalue weighted by atomic mass is 32.2. The molecule has 0 radical (unpaired) electrons. The van der Waals surface area contributed by atoms with Crippen molar-refractivity contribution in [3.63, 3.8) is 0 Å². The van der Waals surface area contributed by atoms with E-state index in [-0.39, 0.29) is 16.7 Å². The average Bonchev–Trinajstić information content (AvgIpc) is 3.17. The number of nitrogens with zero attached hydrogens (tertiary/aromatic N) is 2. The van der Waals surface area contributed by atoms with E-state index in [0.717, 1.165) is 32.0 Å². The number of carbonyl (C=O) groups is 1. The maximum Gasteiger partial charge on any atom is 0.252 e. The fourth-order valence-electron chi connectivity index (χ4n) is 2.66. The molecule has 0 fully saturated rings. The molecule has 1 amide bonds. The summed E-state index contributed by atoms with van der Waals surface area (Å²) in [6, 6.07) is 17.3. The van der Waals surface area contributed by atoms with Crippen LogP contribution in [0.2, 0.25) is 0 Å². The topological polar surface area (TPSA) is 57.7 Å². The van der Waals surface area contributed by atoms with E-state index in [1.54, 1.807) is 29.5 Å². The van der Waals surface area contributed by atoms with Crippen LogP contribution in [0.1, 0.15) is 5.56 Å². The lowest BCUT2D eigenvalue weighted by Gasteiger charge is -2.21. The van der Waals surface area contributed by atoms with Crippen LogP contribution in [-0.4, -0.2) is 44.2 Å². The number of rotatable bonds is 6. The van der Waals surface area contributed by atoms with Crippen LogP contribution in [-0.2, 0) is 21.4 Å². The van der Waals surface area contributed by atoms with Crippen LogP contribution >= 0.6 is 11.3 Å². The van der Waals surface area contributed by atoms with Crippen LogP contribution < -0.4 is 0 Å². The van der Waals surface area contributed by atoms with Crippen molar-refractivity contribution in [3.8, 4) is 0 Å². The summed E-state index contributed by atoms with van der Waals surface area (Å²) in [7, 11) is -0.510. The molecule has 3 aromatic rings. The zero-order valence-corrected chi connectivity index (χ0v) is 16.3. The molecule has 0 saturated heterocycles. The summed E-state index contributed by atoms with van der Waals surface area (Å²) in [5, 5.41) is 3.96. The lowest BCUT2D eigenvalue weighted by atomic mass is 10.1. The summed E-state index contributed by atoms with van der Waals surface area (Å²) in [6.45, 7) is 0.237. The number of thiophene rings is 1. The van der Waals surface area contributed by atoms with E-state index in [9.17, 15) is 13.2 Å². The molecule has 1 aromatic heterocycles. The maximum atomic E-state index is 12.5. The predicted octanol–water partition coefficient (Wildman–Crippen LogP) is 3.18. The smallest absolute Gasteiger partial charge is 0.252 e. The van der Waals surface area contributed by atoms with Crippen LogP contribution in [0.15, 0.2) is 64.2 Å². The van der Waals surface area contributed by atoms with Crippen molar-refractivity contribution in [2.45, 2.75) is 10.8 Å². The van der Waals surface area contributed by atoms with Crippen LogP contribution in [0.5, 0.6) is 0 Å². The first kappa shape index (κ1) is 18.6. The Bertz CT molecular complexity index is 1010. The monoisotopic (exact) mass is 388 g/mol. The lowest BCUT2D eigenvalue weighted by Crippen LogP contribution is -2.38. The molecule has 0 aliphatic rings. The Labute approximate surface area is 157 Å². The molecule has 0 aliphatic heterocycles. The first-order valence-electron chi connectivity index (χ1n) is 8.09. The van der Waals surface area contributed by atoms with Gasteiger partial charge < -0.3 is 4.90 Å². The van der Waals surface area contributed by atoms with Gasteiger partial charge in [0.2, 0.25) is 5.91 Å². The Balaban J connectivity index is 1.67. The van der Waals surface area contributed by atoms with Crippen molar-refractivity contribution in [1.82, 2.24) is 9.21 Å². The van der Waals surface area contributed by atoms with Gasteiger partial charge in [-0.2, -0.15) is 4.31 Å². The van der Waals surface area contributed by atoms with E-state index in [0.29, 0.717) is 6.54 Å². The zero-order valence-electron chi connectivity index (χ0n) is 14.6. The van der Waals surface area contributed by atoms with E-state index in [2.05, 4.69) is 0 Å². The van der Waals surface area contributed by atoms with Gasteiger partial charge in [0.05, 0.1) is 6.54 Å². The molecule has 0 aliphatic carbocycles. The molecule has 26 heavy (non-hydrogen) atoms. The van der Waals surface area contributed by atoms with Gasteiger partial charge in [-0.05, 0) is 33.8 Å². The Kier molecular flexibility index (Phi) is 5.41. The van der Waals surface area contributed by atoms with E-state index < -0.39 is 10.0 Å². The molecule has 0 spiro atoms. The van der Waals surface area contributed by atoms with Gasteiger partial charge >= 0.3 is 0 Å². The van der Waals surface area contributed by atoms with Crippen LogP contribution in [0, 0.1) is 0 Å². The zero-order chi connectivity index (χ0) is 18.7. The van der Waals surface area contributed by atoms with Gasteiger partial charge in [0.1, 0.15) is 4.21 Å². The van der Waals surface area contributed by atoms with Crippen molar-refractivity contribution >= 4 is 38.0 Å². The molecular weight excluding hydrogens is 368 g/mol. The number of hydrogen-bond donors (Lipinski definition) is 0. The highest BCUT2D eigenvalue weighted by Crippen LogP contribution is 2.20. The Morgan fingerprint density at radius 2 is 1.73 bits per heavy atom. The molecule has 3 rings (SSSR count). The SMILES string of the molecule is CN(Cc1ccc2ccccc2c1)C(=O)CN(C)S(=O)(=O)c1cccs1. The quantitative estimate of drug-likeness (QED) is 0.652. The molecule has 5 nitrogen and oxygen atoms in total. The fourth-order valence-corrected chi connectivity index (χ4v) is 4.98. The molecule has 0 saturated carbocycles. The summed E-state index contributed by atoms with van der Waals surface area (Å²) in [5.74, 6) is -0.249. The van der Waals surface area contributed by atoms with Crippen molar-refractivity contribution in [2.24, 2.45) is 0 Å². The average molecular weight is 389 g/mol. The first-order valence-corrected chi connectivity index (χ1v) is 10.4. The Hall–Kier alpha value is -2.22. The third-order valence-corrected chi connectivity index (χ3v) is 7.35. The standard InChI is InChI=1S/C19H20N2O3S2/c1-20(13-15-9-10-16-6-3-4-7-17(16)12-15)18(22)14-21(2)26(23,24)19-8-5-11-25-19/h3-12H,13-14H2,1-2H3. The largest absolute Gasteiger partial charge is 0.340 e. The van der Waals surface area contributed by atoms with Gasteiger partial charge in [-0.1, -0.05) is 42.5 Å². The molecule has 0 atom stereocenters. The molecular formula is C19H20N2O3S2. The molecule has 2 aromatic carbocycles. The van der Waals surface area contributed by atoms with Crippen LogP contribution in [0.25, 0.3) is 10.8 Å². The van der Waals surface area contributed by atoms with Gasteiger partial charge in [-0.15, -0.1) is 11.3 Å². The molecule has 0 unspecified atom stereocenters. The van der Waals surface area contributed by atoms with Gasteiger partial charge in [-0.25, -0.2) is 8.42 Å². The number of amides is 1. The summed E-state index contributed by atoms with van der Waals surface area (Å²) in [5.41, 5.74) is 1.00. The minimum absolute atomic E-state index is 0.190. The third-order valence-electron chi connectivity index (χ3n) is 4.18. The van der Waals surface area contributed by atoms with Crippen molar-refractivity contribution in [2.75, 3.05) is 20.6 Å². The van der Waals surface area contributed by atoms with E-state index >= 15 is 0 Å². The highest BCUT2D eigenvalue weighted by Gasteiger charge is 2.25. The van der Waals surface area contributed by atoms with Crippen molar-refractivity contribution in [3.05, 3.63) is 65.5 Å². The molecule has 0 bridgehead atoms. The Morgan fingerprint density at radius 3 is 2.42 bits per heavy atom. The number of likely N-dealkylation sites (N-methyl/N-ethyl adjacent to an activating group) is 2. The minimum Gasteiger partial charge on any atom is -0.340 e. The fraction of sp³-hybridized carbons (Fsp3) is 0.211. The minimum atomic E-state index is -3.62. The van der Waals surface area contributed by atoms with Crippen molar-refractivity contribution in [1.29, 1.82) is 0 Å². The van der Waals surface area contributed by atoms with Gasteiger partial charge in [0, 0.05) is 20.6 Å². The van der Waals surface area contributed by atoms with E-state index in [1.807, 2.05) is 42.5 Å². The number of fused-ring (bicyclic) bond motifs is 1. The van der Waals surface area contributed by atoms with Crippen molar-refractivity contribution < 1.29 is 13.2 Å². The normalized spacial score (nSPS) is 11.8. The molecule has 1 heterocycles. The predicted molar refractivity (Wildman–Crippen MR) is 105 cm³/mol. The second-order valence-electron chi connectivity index (χ2n) is 6.12. The van der Waals surface area contributed by atoms with Gasteiger partial charge in [0.25, 0.3) is 10.0 Å². The number of benzene rings is 2. The van der Waals surface area contributed by atoms with Gasteiger partial charge in [-0.3, -0.25) is 4.79 Å².